The van der Waals surface area contributed by atoms with Gasteiger partial charge in [0.15, 0.2) is 0 Å². The van der Waals surface area contributed by atoms with Crippen LogP contribution in [-0.4, -0.2) is 67.8 Å². The lowest BCUT2D eigenvalue weighted by atomic mass is 9.86. The van der Waals surface area contributed by atoms with Crippen LogP contribution in [0.15, 0.2) is 59.5 Å². The van der Waals surface area contributed by atoms with Crippen LogP contribution in [0.3, 0.4) is 0 Å². The van der Waals surface area contributed by atoms with Crippen molar-refractivity contribution in [3.63, 3.8) is 0 Å². The largest absolute Gasteiger partial charge is 0.416 e. The van der Waals surface area contributed by atoms with Crippen LogP contribution in [0.5, 0.6) is 0 Å². The minimum atomic E-state index is -4.67. The number of amides is 2. The maximum atomic E-state index is 13.7. The van der Waals surface area contributed by atoms with Crippen LogP contribution in [0.1, 0.15) is 38.2 Å². The van der Waals surface area contributed by atoms with Crippen LogP contribution < -0.4 is 10.2 Å². The second-order valence-corrected chi connectivity index (χ2v) is 11.5. The summed E-state index contributed by atoms with van der Waals surface area (Å²) in [7, 11) is -4.21. The topological polar surface area (TPSA) is 90.0 Å². The molecule has 0 saturated carbocycles. The number of alkyl halides is 3. The van der Waals surface area contributed by atoms with E-state index in [9.17, 15) is 31.2 Å². The number of benzene rings is 2. The molecule has 2 fully saturated rings. The monoisotopic (exact) mass is 552 g/mol. The Balaban J connectivity index is 1.56. The van der Waals surface area contributed by atoms with Gasteiger partial charge < -0.3 is 15.1 Å². The minimum Gasteiger partial charge on any atom is -0.355 e. The summed E-state index contributed by atoms with van der Waals surface area (Å²) < 4.78 is 67.1. The molecule has 38 heavy (non-hydrogen) atoms. The molecule has 0 aromatic heterocycles. The van der Waals surface area contributed by atoms with Gasteiger partial charge in [-0.15, -0.1) is 0 Å². The summed E-state index contributed by atoms with van der Waals surface area (Å²) in [5.74, 6) is -0.524. The van der Waals surface area contributed by atoms with E-state index in [1.807, 2.05) is 42.2 Å². The van der Waals surface area contributed by atoms with Gasteiger partial charge in [0.25, 0.3) is 0 Å². The molecule has 206 valence electrons. The van der Waals surface area contributed by atoms with Crippen LogP contribution in [0, 0.1) is 0 Å². The molecule has 2 aliphatic rings. The van der Waals surface area contributed by atoms with E-state index in [4.69, 9.17) is 0 Å². The van der Waals surface area contributed by atoms with E-state index >= 15 is 0 Å². The average molecular weight is 553 g/mol. The standard InChI is InChI=1S/C26H31F3N4O4S/c1-2-3-14-30-23(34)18-31-19-33(21-9-5-4-6-10-21)25(24(31)35)12-15-32(16-13-25)38(36,37)22-11-7-8-20(17-22)26(27,28)29/h4-11,17H,2-3,12-16,18-19H2,1H3,(H,30,34). The fraction of sp³-hybridized carbons (Fsp3) is 0.462. The predicted octanol–water partition coefficient (Wildman–Crippen LogP) is 3.45. The maximum absolute atomic E-state index is 13.7. The van der Waals surface area contributed by atoms with Crippen molar-refractivity contribution < 1.29 is 31.2 Å². The zero-order valence-corrected chi connectivity index (χ0v) is 21.9. The van der Waals surface area contributed by atoms with E-state index in [0.717, 1.165) is 41.0 Å². The Morgan fingerprint density at radius 1 is 1.05 bits per heavy atom. The summed E-state index contributed by atoms with van der Waals surface area (Å²) in [5.41, 5.74) is -1.34. The fourth-order valence-corrected chi connectivity index (χ4v) is 6.52. The van der Waals surface area contributed by atoms with Crippen LogP contribution in [0.2, 0.25) is 0 Å². The van der Waals surface area contributed by atoms with E-state index in [1.165, 1.54) is 4.90 Å². The Labute approximate surface area is 220 Å². The van der Waals surface area contributed by atoms with Gasteiger partial charge in [0.05, 0.1) is 17.1 Å². The number of hydrogen-bond acceptors (Lipinski definition) is 5. The maximum Gasteiger partial charge on any atom is 0.416 e. The molecule has 2 aromatic carbocycles. The zero-order valence-electron chi connectivity index (χ0n) is 21.1. The molecule has 4 rings (SSSR count). The van der Waals surface area contributed by atoms with Crippen LogP contribution in [-0.2, 0) is 25.8 Å². The van der Waals surface area contributed by atoms with Crippen molar-refractivity contribution in [2.24, 2.45) is 0 Å². The Hall–Kier alpha value is -3.12. The molecule has 2 saturated heterocycles. The van der Waals surface area contributed by atoms with E-state index < -0.39 is 32.2 Å². The highest BCUT2D eigenvalue weighted by atomic mass is 32.2. The number of carbonyl (C=O) groups is 2. The number of sulfonamides is 1. The number of anilines is 1. The van der Waals surface area contributed by atoms with Crippen LogP contribution in [0.4, 0.5) is 18.9 Å². The first-order valence-corrected chi connectivity index (χ1v) is 14.0. The third kappa shape index (κ3) is 5.51. The lowest BCUT2D eigenvalue weighted by Gasteiger charge is -2.42. The van der Waals surface area contributed by atoms with Crippen molar-refractivity contribution >= 4 is 27.5 Å². The predicted molar refractivity (Wildman–Crippen MR) is 136 cm³/mol. The van der Waals surface area contributed by atoms with Gasteiger partial charge in [0.1, 0.15) is 12.1 Å². The molecular formula is C26H31F3N4O4S. The van der Waals surface area contributed by atoms with Crippen molar-refractivity contribution in [2.45, 2.75) is 49.2 Å². The van der Waals surface area contributed by atoms with Gasteiger partial charge in [0, 0.05) is 25.3 Å². The van der Waals surface area contributed by atoms with Crippen LogP contribution in [0.25, 0.3) is 0 Å². The summed E-state index contributed by atoms with van der Waals surface area (Å²) in [6.45, 7) is 2.49. The van der Waals surface area contributed by atoms with Crippen molar-refractivity contribution in [2.75, 3.05) is 37.7 Å². The SMILES string of the molecule is CCCCNC(=O)CN1CN(c2ccccc2)C2(CCN(S(=O)(=O)c3cccc(C(F)(F)F)c3)CC2)C1=O. The van der Waals surface area contributed by atoms with Crippen LogP contribution >= 0.6 is 0 Å². The van der Waals surface area contributed by atoms with Crippen molar-refractivity contribution in [1.29, 1.82) is 0 Å². The first-order valence-electron chi connectivity index (χ1n) is 12.6. The Bertz CT molecular complexity index is 1260. The summed E-state index contributed by atoms with van der Waals surface area (Å²) in [6, 6.07) is 12.9. The number of piperidine rings is 1. The summed E-state index contributed by atoms with van der Waals surface area (Å²) >= 11 is 0. The summed E-state index contributed by atoms with van der Waals surface area (Å²) in [5, 5.41) is 2.82. The smallest absolute Gasteiger partial charge is 0.355 e. The van der Waals surface area contributed by atoms with Gasteiger partial charge in [-0.3, -0.25) is 9.59 Å². The van der Waals surface area contributed by atoms with Gasteiger partial charge in [-0.25, -0.2) is 8.42 Å². The number of rotatable bonds is 8. The summed E-state index contributed by atoms with van der Waals surface area (Å²) in [6.07, 6.45) is -2.65. The molecular weight excluding hydrogens is 521 g/mol. The lowest BCUT2D eigenvalue weighted by molar-refractivity contribution is -0.137. The number of nitrogens with one attached hydrogen (secondary N) is 1. The summed E-state index contributed by atoms with van der Waals surface area (Å²) in [4.78, 5) is 29.1. The second-order valence-electron chi connectivity index (χ2n) is 9.57. The molecule has 0 unspecified atom stereocenters. The fourth-order valence-electron chi connectivity index (χ4n) is 5.03. The molecule has 2 heterocycles. The number of hydrogen-bond donors (Lipinski definition) is 1. The van der Waals surface area contributed by atoms with Gasteiger partial charge in [0.2, 0.25) is 21.8 Å². The Morgan fingerprint density at radius 3 is 2.37 bits per heavy atom. The molecule has 1 N–H and O–H groups in total. The van der Waals surface area contributed by atoms with Crippen molar-refractivity contribution in [1.82, 2.24) is 14.5 Å². The quantitative estimate of drug-likeness (QED) is 0.507. The normalized spacial score (nSPS) is 18.3. The van der Waals surface area contributed by atoms with E-state index in [0.29, 0.717) is 12.6 Å². The zero-order chi connectivity index (χ0) is 27.6. The minimum absolute atomic E-state index is 0.0514. The molecule has 0 bridgehead atoms. The van der Waals surface area contributed by atoms with Gasteiger partial charge in [-0.05, 0) is 49.6 Å². The third-order valence-electron chi connectivity index (χ3n) is 7.12. The molecule has 2 aliphatic heterocycles. The van der Waals surface area contributed by atoms with Gasteiger partial charge in [-0.1, -0.05) is 37.6 Å². The third-order valence-corrected chi connectivity index (χ3v) is 9.01. The lowest BCUT2D eigenvalue weighted by Crippen LogP contribution is -2.57. The molecule has 0 atom stereocenters. The van der Waals surface area contributed by atoms with E-state index in [1.54, 1.807) is 0 Å². The molecule has 8 nitrogen and oxygen atoms in total. The number of halogens is 3. The Kier molecular flexibility index (Phi) is 8.03. The highest BCUT2D eigenvalue weighted by Crippen LogP contribution is 2.40. The first-order chi connectivity index (χ1) is 18.0. The first kappa shape index (κ1) is 27.9. The molecule has 1 spiro atoms. The van der Waals surface area contributed by atoms with E-state index in [-0.39, 0.29) is 51.0 Å². The van der Waals surface area contributed by atoms with E-state index in [2.05, 4.69) is 5.32 Å². The molecule has 12 heteroatoms. The molecule has 2 amide bonds. The number of para-hydroxylation sites is 1. The number of unbranched alkanes of at least 4 members (excludes halogenated alkanes) is 1. The highest BCUT2D eigenvalue weighted by Gasteiger charge is 2.55. The van der Waals surface area contributed by atoms with Crippen molar-refractivity contribution in [3.05, 3.63) is 60.2 Å². The highest BCUT2D eigenvalue weighted by molar-refractivity contribution is 7.89. The molecule has 0 aliphatic carbocycles. The molecule has 2 aromatic rings. The number of nitrogens with zero attached hydrogens (tertiary/aromatic N) is 3. The number of carbonyl (C=O) groups excluding carboxylic acids is 2. The van der Waals surface area contributed by atoms with Gasteiger partial charge in [-0.2, -0.15) is 17.5 Å². The Morgan fingerprint density at radius 2 is 1.74 bits per heavy atom. The second kappa shape index (κ2) is 10.9. The molecule has 0 radical (unpaired) electrons. The van der Waals surface area contributed by atoms with Crippen molar-refractivity contribution in [3.8, 4) is 0 Å². The average Bonchev–Trinajstić information content (AvgIpc) is 3.15. The van der Waals surface area contributed by atoms with Gasteiger partial charge >= 0.3 is 6.18 Å².